The summed E-state index contributed by atoms with van der Waals surface area (Å²) in [7, 11) is 0. The van der Waals surface area contributed by atoms with E-state index in [0.717, 1.165) is 55.8 Å². The van der Waals surface area contributed by atoms with Crippen LogP contribution in [0.1, 0.15) is 33.4 Å². The first-order chi connectivity index (χ1) is 30.2. The lowest BCUT2D eigenvalue weighted by Gasteiger charge is -2.32. The van der Waals surface area contributed by atoms with Crippen molar-refractivity contribution in [3.63, 3.8) is 0 Å². The first-order valence-electron chi connectivity index (χ1n) is 20.4. The molecule has 0 N–H and O–H groups in total. The van der Waals surface area contributed by atoms with Gasteiger partial charge in [-0.2, -0.15) is 0 Å². The Morgan fingerprint density at radius 2 is 0.721 bits per heavy atom. The van der Waals surface area contributed by atoms with Crippen LogP contribution in [0.2, 0.25) is 0 Å². The monoisotopic (exact) mass is 779 g/mol. The van der Waals surface area contributed by atoms with Gasteiger partial charge in [-0.25, -0.2) is 24.9 Å². The van der Waals surface area contributed by atoms with Crippen LogP contribution in [0.15, 0.2) is 222 Å². The van der Waals surface area contributed by atoms with Crippen LogP contribution in [0.4, 0.5) is 0 Å². The predicted octanol–water partition coefficient (Wildman–Crippen LogP) is 12.9. The first-order valence-corrected chi connectivity index (χ1v) is 20.4. The van der Waals surface area contributed by atoms with Crippen LogP contribution in [-0.4, -0.2) is 27.5 Å². The third-order valence-corrected chi connectivity index (χ3v) is 11.9. The highest BCUT2D eigenvalue weighted by Crippen LogP contribution is 2.64. The first kappa shape index (κ1) is 36.0. The van der Waals surface area contributed by atoms with Crippen molar-refractivity contribution in [2.75, 3.05) is 0 Å². The van der Waals surface area contributed by atoms with Crippen LogP contribution in [-0.2, 0) is 5.41 Å². The van der Waals surface area contributed by atoms with Crippen molar-refractivity contribution in [2.24, 2.45) is 9.98 Å². The number of hydrogen-bond donors (Lipinski definition) is 0. The topological polar surface area (TPSA) is 63.4 Å². The Kier molecular flexibility index (Phi) is 8.79. The average molecular weight is 780 g/mol. The summed E-state index contributed by atoms with van der Waals surface area (Å²) in [5, 5.41) is 0. The maximum absolute atomic E-state index is 5.48. The van der Waals surface area contributed by atoms with Gasteiger partial charge in [-0.15, -0.1) is 0 Å². The Hall–Kier alpha value is -8.15. The average Bonchev–Trinajstić information content (AvgIpc) is 3.81. The minimum atomic E-state index is -0.556. The highest BCUT2D eigenvalue weighted by molar-refractivity contribution is 6.13. The summed E-state index contributed by atoms with van der Waals surface area (Å²) in [5.41, 5.74) is 15.8. The minimum Gasteiger partial charge on any atom is -0.245 e. The smallest absolute Gasteiger partial charge is 0.164 e. The SMILES string of the molecule is C=NC(=NC1=C(c2ccccc2)C2(c3ccccc31)c1ccccc1-c1ccccc12)c1ccc(-c2ccc(-c3nc(-c4ccccc4)nc(-c4ccccc4)n3)cc2)cc1. The van der Waals surface area contributed by atoms with E-state index in [-0.39, 0.29) is 0 Å². The van der Waals surface area contributed by atoms with Gasteiger partial charge in [0.2, 0.25) is 0 Å². The number of rotatable bonds is 7. The molecule has 0 saturated carbocycles. The Morgan fingerprint density at radius 3 is 1.20 bits per heavy atom. The van der Waals surface area contributed by atoms with Crippen molar-refractivity contribution in [3.8, 4) is 56.4 Å². The van der Waals surface area contributed by atoms with Gasteiger partial charge in [-0.05, 0) is 51.2 Å². The van der Waals surface area contributed by atoms with E-state index in [1.807, 2.05) is 60.7 Å². The number of aromatic nitrogens is 3. The third kappa shape index (κ3) is 5.97. The van der Waals surface area contributed by atoms with Gasteiger partial charge in [0.15, 0.2) is 23.3 Å². The van der Waals surface area contributed by atoms with Crippen LogP contribution in [0, 0.1) is 0 Å². The molecule has 0 fully saturated rings. The lowest BCUT2D eigenvalue weighted by molar-refractivity contribution is 0.842. The molecule has 0 radical (unpaired) electrons. The lowest BCUT2D eigenvalue weighted by Crippen LogP contribution is -2.26. The number of aliphatic imine (C=N–C) groups is 2. The van der Waals surface area contributed by atoms with E-state index < -0.39 is 5.41 Å². The zero-order valence-corrected chi connectivity index (χ0v) is 33.2. The van der Waals surface area contributed by atoms with E-state index in [9.17, 15) is 0 Å². The molecule has 2 aliphatic carbocycles. The molecule has 0 atom stereocenters. The fourth-order valence-corrected chi connectivity index (χ4v) is 9.19. The largest absolute Gasteiger partial charge is 0.245 e. The van der Waals surface area contributed by atoms with Gasteiger partial charge in [-0.3, -0.25) is 0 Å². The predicted molar refractivity (Wildman–Crippen MR) is 249 cm³/mol. The molecular formula is C56H37N5. The summed E-state index contributed by atoms with van der Waals surface area (Å²) in [4.78, 5) is 24.7. The van der Waals surface area contributed by atoms with Gasteiger partial charge in [0, 0.05) is 33.4 Å². The normalized spacial score (nSPS) is 13.5. The number of benzene rings is 8. The number of amidine groups is 1. The van der Waals surface area contributed by atoms with E-state index in [0.29, 0.717) is 23.3 Å². The van der Waals surface area contributed by atoms with E-state index in [2.05, 4.69) is 163 Å². The highest BCUT2D eigenvalue weighted by atomic mass is 15.0. The summed E-state index contributed by atoms with van der Waals surface area (Å²) >= 11 is 0. The maximum Gasteiger partial charge on any atom is 0.164 e. The van der Waals surface area contributed by atoms with Gasteiger partial charge in [0.05, 0.1) is 11.1 Å². The van der Waals surface area contributed by atoms with Crippen molar-refractivity contribution in [1.82, 2.24) is 15.0 Å². The van der Waals surface area contributed by atoms with E-state index in [1.165, 1.54) is 27.8 Å². The van der Waals surface area contributed by atoms with E-state index in [4.69, 9.17) is 19.9 Å². The van der Waals surface area contributed by atoms with Crippen molar-refractivity contribution >= 4 is 23.8 Å². The van der Waals surface area contributed by atoms with Crippen molar-refractivity contribution in [3.05, 3.63) is 246 Å². The van der Waals surface area contributed by atoms with E-state index in [1.54, 1.807) is 0 Å². The molecule has 61 heavy (non-hydrogen) atoms. The molecule has 0 aliphatic heterocycles. The van der Waals surface area contributed by atoms with E-state index >= 15 is 0 Å². The second-order valence-electron chi connectivity index (χ2n) is 15.3. The van der Waals surface area contributed by atoms with Crippen molar-refractivity contribution in [2.45, 2.75) is 5.41 Å². The van der Waals surface area contributed by atoms with Crippen LogP contribution in [0.3, 0.4) is 0 Å². The molecule has 0 saturated heterocycles. The van der Waals surface area contributed by atoms with Crippen LogP contribution in [0.25, 0.3) is 67.7 Å². The summed E-state index contributed by atoms with van der Waals surface area (Å²) in [6.07, 6.45) is 0. The summed E-state index contributed by atoms with van der Waals surface area (Å²) < 4.78 is 0. The van der Waals surface area contributed by atoms with Gasteiger partial charge in [0.25, 0.3) is 0 Å². The van der Waals surface area contributed by atoms with Crippen LogP contribution in [0.5, 0.6) is 0 Å². The van der Waals surface area contributed by atoms with Crippen molar-refractivity contribution < 1.29 is 0 Å². The zero-order chi connectivity index (χ0) is 40.8. The number of allylic oxidation sites excluding steroid dienone is 1. The molecular weight excluding hydrogens is 743 g/mol. The molecule has 11 rings (SSSR count). The number of nitrogens with zero attached hydrogens (tertiary/aromatic N) is 5. The number of hydrogen-bond acceptors (Lipinski definition) is 4. The molecule has 0 bridgehead atoms. The van der Waals surface area contributed by atoms with Gasteiger partial charge < -0.3 is 0 Å². The molecule has 1 heterocycles. The summed E-state index contributed by atoms with van der Waals surface area (Å²) in [6, 6.07) is 73.9. The van der Waals surface area contributed by atoms with Crippen LogP contribution >= 0.6 is 0 Å². The Labute approximate surface area is 354 Å². The molecule has 0 unspecified atom stereocenters. The highest BCUT2D eigenvalue weighted by Gasteiger charge is 2.53. The molecule has 9 aromatic rings. The molecule has 5 nitrogen and oxygen atoms in total. The Bertz CT molecular complexity index is 3070. The molecule has 0 amide bonds. The fraction of sp³-hybridized carbons (Fsp3) is 0.0179. The molecule has 1 spiro atoms. The molecule has 2 aliphatic rings. The summed E-state index contributed by atoms with van der Waals surface area (Å²) in [5.74, 6) is 2.46. The maximum atomic E-state index is 5.48. The molecule has 8 aromatic carbocycles. The molecule has 286 valence electrons. The second kappa shape index (κ2) is 14.9. The second-order valence-corrected chi connectivity index (χ2v) is 15.3. The third-order valence-electron chi connectivity index (χ3n) is 11.9. The molecule has 1 aromatic heterocycles. The van der Waals surface area contributed by atoms with Crippen LogP contribution < -0.4 is 0 Å². The summed E-state index contributed by atoms with van der Waals surface area (Å²) in [6.45, 7) is 4.04. The Morgan fingerprint density at radius 1 is 0.361 bits per heavy atom. The van der Waals surface area contributed by atoms with Crippen molar-refractivity contribution in [1.29, 1.82) is 0 Å². The lowest BCUT2D eigenvalue weighted by atomic mass is 9.68. The van der Waals surface area contributed by atoms with Gasteiger partial charge in [-0.1, -0.05) is 212 Å². The fourth-order valence-electron chi connectivity index (χ4n) is 9.19. The zero-order valence-electron chi connectivity index (χ0n) is 33.2. The number of fused-ring (bicyclic) bond motifs is 7. The standard InChI is InChI=1S/C56H37N5/c1-57-52(58-51-46-25-13-16-28-49(46)56(50(51)39-17-5-2-6-18-39)47-26-14-11-23-44(47)45-24-12-15-27-48(45)56)42-33-29-37(30-34-42)38-31-35-43(36-32-38)55-60-53(40-19-7-3-8-20-40)59-54(61-55)41-21-9-4-10-22-41/h2-36H,1H2. The quantitative estimate of drug-likeness (QED) is 0.120. The van der Waals surface area contributed by atoms with Gasteiger partial charge >= 0.3 is 0 Å². The molecule has 5 heteroatoms. The Balaban J connectivity index is 0.982. The van der Waals surface area contributed by atoms with Gasteiger partial charge in [0.1, 0.15) is 0 Å². The minimum absolute atomic E-state index is 0.556.